The van der Waals surface area contributed by atoms with Gasteiger partial charge >= 0.3 is 0 Å². The highest BCUT2D eigenvalue weighted by atomic mass is 16.8. The molecule has 2 fully saturated rings. The number of nitrogens with two attached hydrogens (primary N) is 2. The topological polar surface area (TPSA) is 123 Å². The third-order valence-corrected chi connectivity index (χ3v) is 3.14. The van der Waals surface area contributed by atoms with Gasteiger partial charge in [0.25, 0.3) is 0 Å². The molecule has 2 aliphatic rings. The van der Waals surface area contributed by atoms with E-state index in [2.05, 4.69) is 0 Å². The van der Waals surface area contributed by atoms with Crippen LogP contribution in [0.4, 0.5) is 0 Å². The fourth-order valence-electron chi connectivity index (χ4n) is 2.50. The van der Waals surface area contributed by atoms with E-state index in [1.165, 1.54) is 0 Å². The number of amides is 2. The average Bonchev–Trinajstić information content (AvgIpc) is 2.75. The van der Waals surface area contributed by atoms with Gasteiger partial charge in [-0.3, -0.25) is 9.59 Å². The summed E-state index contributed by atoms with van der Waals surface area (Å²) in [4.78, 5) is 23.0. The third kappa shape index (κ3) is 2.78. The zero-order valence-electron chi connectivity index (χ0n) is 11.9. The summed E-state index contributed by atoms with van der Waals surface area (Å²) in [6.45, 7) is 6.57. The second kappa shape index (κ2) is 4.66. The smallest absolute Gasteiger partial charge is 0.249 e. The first-order chi connectivity index (χ1) is 9.02. The van der Waals surface area contributed by atoms with Crippen LogP contribution >= 0.6 is 0 Å². The molecule has 0 aliphatic carbocycles. The van der Waals surface area contributed by atoms with Crippen LogP contribution < -0.4 is 11.5 Å². The van der Waals surface area contributed by atoms with Gasteiger partial charge in [0.15, 0.2) is 23.8 Å². The molecule has 2 aliphatic heterocycles. The van der Waals surface area contributed by atoms with E-state index in [1.807, 2.05) is 0 Å². The lowest BCUT2D eigenvalue weighted by atomic mass is 10.0. The van der Waals surface area contributed by atoms with Gasteiger partial charge in [-0.25, -0.2) is 0 Å². The summed E-state index contributed by atoms with van der Waals surface area (Å²) in [6, 6.07) is 0. The summed E-state index contributed by atoms with van der Waals surface area (Å²) in [7, 11) is 0. The summed E-state index contributed by atoms with van der Waals surface area (Å²) in [5.41, 5.74) is 10.6. The van der Waals surface area contributed by atoms with Crippen LogP contribution in [0.25, 0.3) is 0 Å². The van der Waals surface area contributed by atoms with Crippen molar-refractivity contribution >= 4 is 11.8 Å². The van der Waals surface area contributed by atoms with Crippen molar-refractivity contribution in [2.24, 2.45) is 11.5 Å². The van der Waals surface area contributed by atoms with Crippen LogP contribution in [-0.4, -0.2) is 47.8 Å². The second-order valence-corrected chi connectivity index (χ2v) is 5.85. The highest BCUT2D eigenvalue weighted by Gasteiger charge is 2.56. The summed E-state index contributed by atoms with van der Waals surface area (Å²) >= 11 is 0. The van der Waals surface area contributed by atoms with Crippen LogP contribution in [-0.2, 0) is 28.5 Å². The predicted octanol–water partition coefficient (Wildman–Crippen LogP) is -1.00. The van der Waals surface area contributed by atoms with Crippen molar-refractivity contribution in [3.63, 3.8) is 0 Å². The Kier molecular flexibility index (Phi) is 3.53. The molecule has 4 N–H and O–H groups in total. The van der Waals surface area contributed by atoms with E-state index in [1.54, 1.807) is 27.7 Å². The molecule has 0 bridgehead atoms. The highest BCUT2D eigenvalue weighted by Crippen LogP contribution is 2.38. The normalized spacial score (nSPS) is 38.8. The van der Waals surface area contributed by atoms with Crippen LogP contribution in [0.15, 0.2) is 0 Å². The Morgan fingerprint density at radius 1 is 0.750 bits per heavy atom. The van der Waals surface area contributed by atoms with E-state index in [-0.39, 0.29) is 0 Å². The molecule has 2 amide bonds. The molecule has 20 heavy (non-hydrogen) atoms. The van der Waals surface area contributed by atoms with Gasteiger partial charge < -0.3 is 30.4 Å². The number of carbonyl (C=O) groups excluding carboxylic acids is 2. The molecule has 4 unspecified atom stereocenters. The van der Waals surface area contributed by atoms with E-state index in [9.17, 15) is 9.59 Å². The lowest BCUT2D eigenvalue weighted by Crippen LogP contribution is -2.50. The minimum absolute atomic E-state index is 0.697. The Hall–Kier alpha value is -1.22. The number of carbonyl (C=O) groups is 2. The molecule has 0 spiro atoms. The van der Waals surface area contributed by atoms with E-state index < -0.39 is 47.8 Å². The van der Waals surface area contributed by atoms with E-state index in [4.69, 9.17) is 30.4 Å². The molecule has 2 heterocycles. The maximum Gasteiger partial charge on any atom is 0.249 e. The van der Waals surface area contributed by atoms with Crippen LogP contribution in [0.1, 0.15) is 27.7 Å². The van der Waals surface area contributed by atoms with Crippen molar-refractivity contribution < 1.29 is 28.5 Å². The molecule has 0 radical (unpaired) electrons. The van der Waals surface area contributed by atoms with Crippen molar-refractivity contribution in [2.75, 3.05) is 0 Å². The maximum atomic E-state index is 11.5. The summed E-state index contributed by atoms with van der Waals surface area (Å²) < 4.78 is 22.2. The lowest BCUT2D eigenvalue weighted by Gasteiger charge is -2.24. The third-order valence-electron chi connectivity index (χ3n) is 3.14. The molecule has 8 nitrogen and oxygen atoms in total. The second-order valence-electron chi connectivity index (χ2n) is 5.85. The first kappa shape index (κ1) is 15.2. The summed E-state index contributed by atoms with van der Waals surface area (Å²) in [6.07, 6.45) is -3.78. The van der Waals surface area contributed by atoms with E-state index in [0.717, 1.165) is 0 Å². The van der Waals surface area contributed by atoms with Gasteiger partial charge in [-0.2, -0.15) is 0 Å². The Bertz CT molecular complexity index is 396. The highest BCUT2D eigenvalue weighted by molar-refractivity contribution is 5.82. The number of ether oxygens (including phenoxy) is 4. The van der Waals surface area contributed by atoms with Crippen molar-refractivity contribution in [1.29, 1.82) is 0 Å². The van der Waals surface area contributed by atoms with E-state index in [0.29, 0.717) is 0 Å². The van der Waals surface area contributed by atoms with E-state index >= 15 is 0 Å². The van der Waals surface area contributed by atoms with Crippen molar-refractivity contribution in [1.82, 2.24) is 0 Å². The zero-order valence-corrected chi connectivity index (χ0v) is 11.9. The monoisotopic (exact) mass is 288 g/mol. The molecule has 8 heteroatoms. The molecule has 2 rings (SSSR count). The quantitative estimate of drug-likeness (QED) is 0.686. The molecular formula is C12H20N2O6. The number of hydrogen-bond donors (Lipinski definition) is 2. The Balaban J connectivity index is 2.28. The van der Waals surface area contributed by atoms with Gasteiger partial charge in [-0.05, 0) is 27.7 Å². The van der Waals surface area contributed by atoms with Crippen LogP contribution in [0.3, 0.4) is 0 Å². The standard InChI is InChI=1S/C12H20N2O6/c1-11(2)17-5(7(19-11)9(13)15)6-8(10(14)16)20-12(3,4)18-6/h5-8H,1-4H3,(H2,13,15)(H2,14,16). The zero-order chi connectivity index (χ0) is 15.3. The van der Waals surface area contributed by atoms with Crippen molar-refractivity contribution in [3.05, 3.63) is 0 Å². The fourth-order valence-corrected chi connectivity index (χ4v) is 2.50. The number of primary amides is 2. The van der Waals surface area contributed by atoms with Gasteiger partial charge in [0.05, 0.1) is 0 Å². The lowest BCUT2D eigenvalue weighted by molar-refractivity contribution is -0.175. The van der Waals surface area contributed by atoms with Crippen molar-refractivity contribution in [3.8, 4) is 0 Å². The summed E-state index contributed by atoms with van der Waals surface area (Å²) in [5, 5.41) is 0. The Labute approximate surface area is 116 Å². The van der Waals surface area contributed by atoms with Gasteiger partial charge in [-0.15, -0.1) is 0 Å². The Morgan fingerprint density at radius 2 is 1.05 bits per heavy atom. The van der Waals surface area contributed by atoms with Crippen molar-refractivity contribution in [2.45, 2.75) is 63.7 Å². The Morgan fingerprint density at radius 3 is 1.30 bits per heavy atom. The molecule has 0 saturated carbocycles. The van der Waals surface area contributed by atoms with Gasteiger partial charge in [0, 0.05) is 0 Å². The average molecular weight is 288 g/mol. The molecule has 0 aromatic rings. The largest absolute Gasteiger partial charge is 0.367 e. The molecular weight excluding hydrogens is 268 g/mol. The SMILES string of the molecule is CC1(C)OC(C(N)=O)C(C2OC(C)(C)OC2C(N)=O)O1. The number of hydrogen-bond acceptors (Lipinski definition) is 6. The minimum Gasteiger partial charge on any atom is -0.367 e. The first-order valence-electron chi connectivity index (χ1n) is 6.32. The van der Waals surface area contributed by atoms with Gasteiger partial charge in [0.2, 0.25) is 11.8 Å². The molecule has 2 saturated heterocycles. The molecule has 0 aromatic heterocycles. The van der Waals surface area contributed by atoms with Gasteiger partial charge in [0.1, 0.15) is 12.2 Å². The molecule has 114 valence electrons. The number of rotatable bonds is 3. The fraction of sp³-hybridized carbons (Fsp3) is 0.833. The summed E-state index contributed by atoms with van der Waals surface area (Å²) in [5.74, 6) is -3.42. The van der Waals surface area contributed by atoms with Crippen LogP contribution in [0.2, 0.25) is 0 Å². The van der Waals surface area contributed by atoms with Crippen LogP contribution in [0.5, 0.6) is 0 Å². The first-order valence-corrected chi connectivity index (χ1v) is 6.32. The maximum absolute atomic E-state index is 11.5. The minimum atomic E-state index is -1.03. The predicted molar refractivity (Wildman–Crippen MR) is 66.0 cm³/mol. The van der Waals surface area contributed by atoms with Gasteiger partial charge in [-0.1, -0.05) is 0 Å². The molecule has 4 atom stereocenters. The molecule has 0 aromatic carbocycles. The van der Waals surface area contributed by atoms with Crippen LogP contribution in [0, 0.1) is 0 Å².